The van der Waals surface area contributed by atoms with Crippen LogP contribution in [0.15, 0.2) is 33.7 Å². The van der Waals surface area contributed by atoms with E-state index in [1.54, 1.807) is 6.20 Å². The van der Waals surface area contributed by atoms with Gasteiger partial charge in [0.25, 0.3) is 0 Å². The van der Waals surface area contributed by atoms with Crippen LogP contribution in [0.2, 0.25) is 5.02 Å². The Morgan fingerprint density at radius 1 is 1.37 bits per heavy atom. The van der Waals surface area contributed by atoms with E-state index >= 15 is 0 Å². The van der Waals surface area contributed by atoms with Gasteiger partial charge in [0.05, 0.1) is 17.0 Å². The molecule has 0 aliphatic rings. The van der Waals surface area contributed by atoms with Crippen LogP contribution in [-0.4, -0.2) is 4.98 Å². The molecule has 3 nitrogen and oxygen atoms in total. The van der Waals surface area contributed by atoms with Crippen molar-refractivity contribution in [3.8, 4) is 0 Å². The van der Waals surface area contributed by atoms with Gasteiger partial charge >= 0.3 is 0 Å². The summed E-state index contributed by atoms with van der Waals surface area (Å²) in [6.07, 6.45) is 1.78. The summed E-state index contributed by atoms with van der Waals surface area (Å²) in [5, 5.41) is 0.660. The van der Waals surface area contributed by atoms with Gasteiger partial charge in [0.2, 0.25) is 5.89 Å². The van der Waals surface area contributed by atoms with E-state index < -0.39 is 0 Å². The highest BCUT2D eigenvalue weighted by Crippen LogP contribution is 2.34. The number of nitrogen functional groups attached to an aromatic ring is 1. The first-order valence-electron chi connectivity index (χ1n) is 6.00. The van der Waals surface area contributed by atoms with E-state index in [0.717, 1.165) is 10.7 Å². The predicted octanol–water partition coefficient (Wildman–Crippen LogP) is 4.50. The highest BCUT2D eigenvalue weighted by Gasteiger charge is 2.19. The molecule has 2 rings (SSSR count). The summed E-state index contributed by atoms with van der Waals surface area (Å²) >= 11 is 7.66. The lowest BCUT2D eigenvalue weighted by Gasteiger charge is -2.13. The summed E-state index contributed by atoms with van der Waals surface area (Å²) in [6, 6.07) is 5.51. The SMILES string of the molecule is CC(C)(C)c1cnc(CSc2c(N)cccc2Cl)o1. The second kappa shape index (κ2) is 5.47. The van der Waals surface area contributed by atoms with Crippen molar-refractivity contribution in [1.82, 2.24) is 4.98 Å². The molecule has 0 amide bonds. The van der Waals surface area contributed by atoms with Gasteiger partial charge in [0.1, 0.15) is 5.76 Å². The summed E-state index contributed by atoms with van der Waals surface area (Å²) in [7, 11) is 0. The predicted molar refractivity (Wildman–Crippen MR) is 80.6 cm³/mol. The third kappa shape index (κ3) is 3.45. The number of oxazole rings is 1. The molecular weight excluding hydrogens is 280 g/mol. The average molecular weight is 297 g/mol. The normalized spacial score (nSPS) is 11.8. The Hall–Kier alpha value is -1.13. The van der Waals surface area contributed by atoms with Gasteiger partial charge in [-0.15, -0.1) is 11.8 Å². The van der Waals surface area contributed by atoms with Crippen LogP contribution in [0.4, 0.5) is 5.69 Å². The number of halogens is 1. The molecule has 1 aromatic heterocycles. The van der Waals surface area contributed by atoms with Gasteiger partial charge in [-0.1, -0.05) is 38.4 Å². The fourth-order valence-corrected chi connectivity index (χ4v) is 2.72. The molecule has 0 fully saturated rings. The zero-order valence-corrected chi connectivity index (χ0v) is 12.8. The van der Waals surface area contributed by atoms with Crippen LogP contribution < -0.4 is 5.73 Å². The molecule has 0 spiro atoms. The first-order valence-corrected chi connectivity index (χ1v) is 7.36. The second-order valence-corrected chi connectivity index (χ2v) is 6.71. The fourth-order valence-electron chi connectivity index (χ4n) is 1.54. The Labute approximate surface area is 122 Å². The van der Waals surface area contributed by atoms with Gasteiger partial charge in [0, 0.05) is 16.0 Å². The zero-order valence-electron chi connectivity index (χ0n) is 11.2. The van der Waals surface area contributed by atoms with E-state index in [0.29, 0.717) is 22.4 Å². The van der Waals surface area contributed by atoms with Crippen molar-refractivity contribution in [3.05, 3.63) is 41.1 Å². The molecule has 0 saturated carbocycles. The lowest BCUT2D eigenvalue weighted by atomic mass is 9.94. The maximum Gasteiger partial charge on any atom is 0.204 e. The van der Waals surface area contributed by atoms with Crippen molar-refractivity contribution in [1.29, 1.82) is 0 Å². The zero-order chi connectivity index (χ0) is 14.0. The number of rotatable bonds is 3. The Morgan fingerprint density at radius 3 is 2.68 bits per heavy atom. The minimum atomic E-state index is -0.0284. The van der Waals surface area contributed by atoms with E-state index in [2.05, 4.69) is 25.8 Å². The van der Waals surface area contributed by atoms with Gasteiger partial charge < -0.3 is 10.2 Å². The summed E-state index contributed by atoms with van der Waals surface area (Å²) < 4.78 is 5.73. The molecule has 1 heterocycles. The van der Waals surface area contributed by atoms with Crippen LogP contribution in [-0.2, 0) is 11.2 Å². The fraction of sp³-hybridized carbons (Fsp3) is 0.357. The molecule has 2 N–H and O–H groups in total. The molecule has 0 atom stereocenters. The third-order valence-electron chi connectivity index (χ3n) is 2.63. The Morgan fingerprint density at radius 2 is 2.11 bits per heavy atom. The number of hydrogen-bond donors (Lipinski definition) is 1. The molecule has 2 aromatic rings. The first-order chi connectivity index (χ1) is 8.88. The standard InChI is InChI=1S/C14H17ClN2OS/c1-14(2,3)11-7-17-12(18-11)8-19-13-9(15)5-4-6-10(13)16/h4-7H,8,16H2,1-3H3. The quantitative estimate of drug-likeness (QED) is 0.669. The molecule has 19 heavy (non-hydrogen) atoms. The monoisotopic (exact) mass is 296 g/mol. The Bertz CT molecular complexity index is 555. The molecule has 0 radical (unpaired) electrons. The minimum Gasteiger partial charge on any atom is -0.444 e. The summed E-state index contributed by atoms with van der Waals surface area (Å²) in [6.45, 7) is 6.28. The van der Waals surface area contributed by atoms with E-state index in [1.165, 1.54) is 11.8 Å². The highest BCUT2D eigenvalue weighted by atomic mass is 35.5. The smallest absolute Gasteiger partial charge is 0.204 e. The number of benzene rings is 1. The van der Waals surface area contributed by atoms with E-state index in [-0.39, 0.29) is 5.41 Å². The largest absolute Gasteiger partial charge is 0.444 e. The first kappa shape index (κ1) is 14.3. The number of hydrogen-bond acceptors (Lipinski definition) is 4. The van der Waals surface area contributed by atoms with Crippen LogP contribution in [0.25, 0.3) is 0 Å². The Balaban J connectivity index is 2.09. The molecule has 1 aromatic carbocycles. The van der Waals surface area contributed by atoms with Crippen molar-refractivity contribution >= 4 is 29.1 Å². The van der Waals surface area contributed by atoms with Crippen molar-refractivity contribution in [2.75, 3.05) is 5.73 Å². The maximum absolute atomic E-state index is 6.12. The third-order valence-corrected chi connectivity index (χ3v) is 4.19. The topological polar surface area (TPSA) is 52.0 Å². The van der Waals surface area contributed by atoms with Crippen LogP contribution in [0.5, 0.6) is 0 Å². The average Bonchev–Trinajstić information content (AvgIpc) is 2.77. The summed E-state index contributed by atoms with van der Waals surface area (Å²) in [4.78, 5) is 5.16. The number of nitrogens with two attached hydrogens (primary N) is 1. The summed E-state index contributed by atoms with van der Waals surface area (Å²) in [5.41, 5.74) is 6.56. The number of thioether (sulfide) groups is 1. The maximum atomic E-state index is 6.12. The number of aromatic nitrogens is 1. The van der Waals surface area contributed by atoms with Crippen LogP contribution in [0, 0.1) is 0 Å². The van der Waals surface area contributed by atoms with Crippen molar-refractivity contribution in [3.63, 3.8) is 0 Å². The van der Waals surface area contributed by atoms with Crippen LogP contribution in [0.1, 0.15) is 32.4 Å². The van der Waals surface area contributed by atoms with Crippen molar-refractivity contribution in [2.24, 2.45) is 0 Å². The molecule has 102 valence electrons. The van der Waals surface area contributed by atoms with E-state index in [1.807, 2.05) is 18.2 Å². The van der Waals surface area contributed by atoms with Crippen molar-refractivity contribution < 1.29 is 4.42 Å². The van der Waals surface area contributed by atoms with Crippen molar-refractivity contribution in [2.45, 2.75) is 36.8 Å². The van der Waals surface area contributed by atoms with E-state index in [4.69, 9.17) is 21.8 Å². The lowest BCUT2D eigenvalue weighted by Crippen LogP contribution is -2.09. The molecule has 0 aliphatic heterocycles. The lowest BCUT2D eigenvalue weighted by molar-refractivity contribution is 0.391. The van der Waals surface area contributed by atoms with Gasteiger partial charge in [-0.25, -0.2) is 4.98 Å². The molecular formula is C14H17ClN2OS. The second-order valence-electron chi connectivity index (χ2n) is 5.32. The molecule has 0 aliphatic carbocycles. The molecule has 0 unspecified atom stereocenters. The van der Waals surface area contributed by atoms with Crippen LogP contribution in [0.3, 0.4) is 0 Å². The minimum absolute atomic E-state index is 0.0284. The highest BCUT2D eigenvalue weighted by molar-refractivity contribution is 7.98. The van der Waals surface area contributed by atoms with Gasteiger partial charge in [-0.2, -0.15) is 0 Å². The molecule has 0 bridgehead atoms. The van der Waals surface area contributed by atoms with Gasteiger partial charge in [-0.05, 0) is 12.1 Å². The van der Waals surface area contributed by atoms with E-state index in [9.17, 15) is 0 Å². The molecule has 5 heteroatoms. The van der Waals surface area contributed by atoms with Crippen LogP contribution >= 0.6 is 23.4 Å². The van der Waals surface area contributed by atoms with Gasteiger partial charge in [-0.3, -0.25) is 0 Å². The molecule has 0 saturated heterocycles. The Kier molecular flexibility index (Phi) is 4.11. The number of nitrogens with zero attached hydrogens (tertiary/aromatic N) is 1. The number of anilines is 1. The van der Waals surface area contributed by atoms with Gasteiger partial charge in [0.15, 0.2) is 0 Å². The summed E-state index contributed by atoms with van der Waals surface area (Å²) in [5.74, 6) is 2.19.